The largest absolute Gasteiger partial charge is 0.338 e. The van der Waals surface area contributed by atoms with Gasteiger partial charge in [-0.1, -0.05) is 18.2 Å². The van der Waals surface area contributed by atoms with Crippen molar-refractivity contribution in [1.82, 2.24) is 19.4 Å². The topological polar surface area (TPSA) is 46.0 Å². The van der Waals surface area contributed by atoms with Crippen molar-refractivity contribution in [2.45, 2.75) is 0 Å². The van der Waals surface area contributed by atoms with Crippen molar-refractivity contribution < 1.29 is 0 Å². The van der Waals surface area contributed by atoms with Crippen molar-refractivity contribution in [3.63, 3.8) is 0 Å². The van der Waals surface area contributed by atoms with Crippen LogP contribution in [0.1, 0.15) is 0 Å². The number of benzene rings is 1. The van der Waals surface area contributed by atoms with Crippen LogP contribution in [0, 0.1) is 4.77 Å². The molecule has 0 unspecified atom stereocenters. The van der Waals surface area contributed by atoms with Crippen LogP contribution in [0.15, 0.2) is 54.9 Å². The number of fused-ring (bicyclic) bond motifs is 3. The van der Waals surface area contributed by atoms with Crippen molar-refractivity contribution in [3.05, 3.63) is 59.6 Å². The molecule has 3 aromatic heterocycles. The molecule has 0 saturated heterocycles. The lowest BCUT2D eigenvalue weighted by Gasteiger charge is -1.99. The zero-order chi connectivity index (χ0) is 13.5. The molecule has 5 heteroatoms. The van der Waals surface area contributed by atoms with Gasteiger partial charge in [-0.15, -0.1) is 0 Å². The Kier molecular flexibility index (Phi) is 2.40. The van der Waals surface area contributed by atoms with Gasteiger partial charge in [0.1, 0.15) is 5.65 Å². The Bertz CT molecular complexity index is 969. The van der Waals surface area contributed by atoms with Gasteiger partial charge < -0.3 is 4.98 Å². The van der Waals surface area contributed by atoms with E-state index in [-0.39, 0.29) is 0 Å². The van der Waals surface area contributed by atoms with Crippen LogP contribution in [0.4, 0.5) is 0 Å². The number of pyridine rings is 1. The first-order valence-corrected chi connectivity index (χ1v) is 6.65. The Morgan fingerprint density at radius 1 is 1.05 bits per heavy atom. The van der Waals surface area contributed by atoms with Gasteiger partial charge in [0.2, 0.25) is 4.77 Å². The van der Waals surface area contributed by atoms with Gasteiger partial charge in [-0.05, 0) is 36.5 Å². The maximum Gasteiger partial charge on any atom is 0.205 e. The molecule has 0 radical (unpaired) electrons. The van der Waals surface area contributed by atoms with E-state index in [1.54, 1.807) is 6.20 Å². The molecule has 1 N–H and O–H groups in total. The lowest BCUT2D eigenvalue weighted by atomic mass is 10.2. The van der Waals surface area contributed by atoms with Crippen LogP contribution in [0.3, 0.4) is 0 Å². The first-order valence-electron chi connectivity index (χ1n) is 6.24. The summed E-state index contributed by atoms with van der Waals surface area (Å²) < 4.78 is 2.43. The summed E-state index contributed by atoms with van der Waals surface area (Å²) in [4.78, 5) is 12.2. The highest BCUT2D eigenvalue weighted by atomic mass is 32.1. The summed E-state index contributed by atoms with van der Waals surface area (Å²) in [7, 11) is 0. The molecule has 0 amide bonds. The van der Waals surface area contributed by atoms with Gasteiger partial charge in [-0.25, -0.2) is 4.98 Å². The van der Waals surface area contributed by atoms with Crippen LogP contribution in [-0.4, -0.2) is 19.4 Å². The van der Waals surface area contributed by atoms with Crippen LogP contribution >= 0.6 is 12.2 Å². The average Bonchev–Trinajstić information content (AvgIpc) is 2.94. The molecular formula is C15H10N4S. The fraction of sp³-hybridized carbons (Fsp3) is 0. The molecule has 0 aliphatic rings. The lowest BCUT2D eigenvalue weighted by molar-refractivity contribution is 1.09. The van der Waals surface area contributed by atoms with Crippen LogP contribution < -0.4 is 0 Å². The maximum absolute atomic E-state index is 5.36. The quantitative estimate of drug-likeness (QED) is 0.541. The summed E-state index contributed by atoms with van der Waals surface area (Å²) in [6, 6.07) is 13.8. The number of nitrogens with one attached hydrogen (secondary N) is 1. The van der Waals surface area contributed by atoms with Gasteiger partial charge in [0.25, 0.3) is 0 Å². The second-order valence-corrected chi connectivity index (χ2v) is 4.88. The Labute approximate surface area is 119 Å². The fourth-order valence-electron chi connectivity index (χ4n) is 2.34. The van der Waals surface area contributed by atoms with Gasteiger partial charge in [0.05, 0.1) is 16.9 Å². The molecule has 0 fully saturated rings. The maximum atomic E-state index is 5.36. The number of aromatic nitrogens is 4. The van der Waals surface area contributed by atoms with E-state index in [9.17, 15) is 0 Å². The predicted octanol–water partition coefficient (Wildman–Crippen LogP) is 3.61. The molecule has 4 rings (SSSR count). The number of hydrogen-bond acceptors (Lipinski definition) is 3. The summed E-state index contributed by atoms with van der Waals surface area (Å²) in [5, 5.41) is 1.04. The van der Waals surface area contributed by atoms with Crippen molar-refractivity contribution in [2.24, 2.45) is 0 Å². The SMILES string of the molecule is S=c1nc2ccccc2c2[nH]c(-c3ccccn3)cn12. The van der Waals surface area contributed by atoms with E-state index < -0.39 is 0 Å². The molecule has 20 heavy (non-hydrogen) atoms. The highest BCUT2D eigenvalue weighted by Crippen LogP contribution is 2.22. The van der Waals surface area contributed by atoms with E-state index in [2.05, 4.69) is 15.0 Å². The Morgan fingerprint density at radius 3 is 2.75 bits per heavy atom. The third-order valence-electron chi connectivity index (χ3n) is 3.27. The molecule has 1 aromatic carbocycles. The molecule has 4 nitrogen and oxygen atoms in total. The van der Waals surface area contributed by atoms with Crippen molar-refractivity contribution in [1.29, 1.82) is 0 Å². The lowest BCUT2D eigenvalue weighted by Crippen LogP contribution is -1.91. The van der Waals surface area contributed by atoms with Crippen molar-refractivity contribution in [2.75, 3.05) is 0 Å². The minimum atomic E-state index is 0.539. The molecule has 4 aromatic rings. The Hall–Kier alpha value is -2.53. The normalized spacial score (nSPS) is 11.2. The number of aromatic amines is 1. The minimum Gasteiger partial charge on any atom is -0.338 e. The number of rotatable bonds is 1. The van der Waals surface area contributed by atoms with E-state index in [0.717, 1.165) is 27.9 Å². The van der Waals surface area contributed by atoms with Gasteiger partial charge in [-0.2, -0.15) is 0 Å². The van der Waals surface area contributed by atoms with Crippen molar-refractivity contribution >= 4 is 28.8 Å². The number of H-pyrrole nitrogens is 1. The van der Waals surface area contributed by atoms with Gasteiger partial charge in [0, 0.05) is 17.8 Å². The number of hydrogen-bond donors (Lipinski definition) is 1. The van der Waals surface area contributed by atoms with E-state index in [1.807, 2.05) is 53.1 Å². The summed E-state index contributed by atoms with van der Waals surface area (Å²) >= 11 is 5.36. The van der Waals surface area contributed by atoms with Gasteiger partial charge in [0.15, 0.2) is 0 Å². The van der Waals surface area contributed by atoms with E-state index in [4.69, 9.17) is 12.2 Å². The smallest absolute Gasteiger partial charge is 0.205 e. The van der Waals surface area contributed by atoms with Gasteiger partial charge in [-0.3, -0.25) is 9.38 Å². The van der Waals surface area contributed by atoms with E-state index in [0.29, 0.717) is 4.77 Å². The van der Waals surface area contributed by atoms with Gasteiger partial charge >= 0.3 is 0 Å². The Morgan fingerprint density at radius 2 is 1.90 bits per heavy atom. The zero-order valence-electron chi connectivity index (χ0n) is 10.4. The minimum absolute atomic E-state index is 0.539. The number of nitrogens with zero attached hydrogens (tertiary/aromatic N) is 3. The fourth-order valence-corrected chi connectivity index (χ4v) is 2.58. The molecule has 3 heterocycles. The average molecular weight is 278 g/mol. The molecule has 0 atom stereocenters. The standard InChI is InChI=1S/C15H10N4S/c20-15-18-11-6-2-1-5-10(11)14-17-13(9-19(14)15)12-7-3-4-8-16-12/h1-9,17H. The zero-order valence-corrected chi connectivity index (χ0v) is 11.3. The monoisotopic (exact) mass is 278 g/mol. The number of para-hydroxylation sites is 1. The molecule has 0 spiro atoms. The van der Waals surface area contributed by atoms with E-state index in [1.165, 1.54) is 0 Å². The number of imidazole rings is 1. The molecule has 96 valence electrons. The van der Waals surface area contributed by atoms with Crippen LogP contribution in [-0.2, 0) is 0 Å². The highest BCUT2D eigenvalue weighted by molar-refractivity contribution is 7.71. The predicted molar refractivity (Wildman–Crippen MR) is 81.1 cm³/mol. The van der Waals surface area contributed by atoms with E-state index >= 15 is 0 Å². The first kappa shape index (κ1) is 11.3. The second kappa shape index (κ2) is 4.25. The van der Waals surface area contributed by atoms with Crippen LogP contribution in [0.25, 0.3) is 27.9 Å². The summed E-state index contributed by atoms with van der Waals surface area (Å²) in [6.45, 7) is 0. The third kappa shape index (κ3) is 1.64. The van der Waals surface area contributed by atoms with Crippen molar-refractivity contribution in [3.8, 4) is 11.4 Å². The Balaban J connectivity index is 2.11. The molecular weight excluding hydrogens is 268 g/mol. The van der Waals surface area contributed by atoms with Crippen LogP contribution in [0.2, 0.25) is 0 Å². The molecule has 0 aliphatic carbocycles. The first-order chi connectivity index (χ1) is 9.83. The molecule has 0 aliphatic heterocycles. The third-order valence-corrected chi connectivity index (χ3v) is 3.56. The highest BCUT2D eigenvalue weighted by Gasteiger charge is 2.08. The molecule has 0 saturated carbocycles. The second-order valence-electron chi connectivity index (χ2n) is 4.51. The summed E-state index contributed by atoms with van der Waals surface area (Å²) in [5.41, 5.74) is 3.65. The molecule has 0 bridgehead atoms. The summed E-state index contributed by atoms with van der Waals surface area (Å²) in [5.74, 6) is 0. The summed E-state index contributed by atoms with van der Waals surface area (Å²) in [6.07, 6.45) is 3.72. The van der Waals surface area contributed by atoms with Crippen LogP contribution in [0.5, 0.6) is 0 Å².